The van der Waals surface area contributed by atoms with Gasteiger partial charge in [0.15, 0.2) is 0 Å². The van der Waals surface area contributed by atoms with Crippen molar-refractivity contribution in [1.29, 1.82) is 0 Å². The lowest BCUT2D eigenvalue weighted by Gasteiger charge is -2.20. The van der Waals surface area contributed by atoms with E-state index in [-0.39, 0.29) is 16.4 Å². The Morgan fingerprint density at radius 2 is 1.58 bits per heavy atom. The van der Waals surface area contributed by atoms with Gasteiger partial charge in [-0.25, -0.2) is 13.4 Å². The Morgan fingerprint density at radius 1 is 0.895 bits per heavy atom. The normalized spacial score (nSPS) is 11.3. The van der Waals surface area contributed by atoms with Crippen LogP contribution in [0.2, 0.25) is 0 Å². The molecule has 0 aliphatic heterocycles. The van der Waals surface area contributed by atoms with Crippen LogP contribution >= 0.6 is 15.9 Å². The number of aromatic nitrogens is 1. The van der Waals surface area contributed by atoms with Crippen molar-refractivity contribution >= 4 is 59.7 Å². The van der Waals surface area contributed by atoms with Gasteiger partial charge in [0, 0.05) is 33.2 Å². The summed E-state index contributed by atoms with van der Waals surface area (Å²) in [6, 6.07) is 27.4. The van der Waals surface area contributed by atoms with Gasteiger partial charge in [-0.1, -0.05) is 64.0 Å². The summed E-state index contributed by atoms with van der Waals surface area (Å²) < 4.78 is 30.4. The first-order chi connectivity index (χ1) is 18.2. The molecule has 5 rings (SSSR count). The molecule has 5 aromatic rings. The van der Waals surface area contributed by atoms with Crippen LogP contribution < -0.4 is 10.0 Å². The van der Waals surface area contributed by atoms with Gasteiger partial charge in [0.2, 0.25) is 0 Å². The fourth-order valence-electron chi connectivity index (χ4n) is 4.04. The second-order valence-corrected chi connectivity index (χ2v) is 11.2. The minimum Gasteiger partial charge on any atom is -0.354 e. The third-order valence-electron chi connectivity index (χ3n) is 5.92. The van der Waals surface area contributed by atoms with Crippen LogP contribution in [0.5, 0.6) is 0 Å². The number of fused-ring (bicyclic) bond motifs is 1. The number of halogens is 1. The van der Waals surface area contributed by atoms with Crippen molar-refractivity contribution in [2.75, 3.05) is 10.0 Å². The summed E-state index contributed by atoms with van der Waals surface area (Å²) in [5, 5.41) is 15.4. The number of hydrogen-bond acceptors (Lipinski definition) is 6. The molecule has 38 heavy (non-hydrogen) atoms. The van der Waals surface area contributed by atoms with Gasteiger partial charge >= 0.3 is 0 Å². The molecule has 10 heteroatoms. The molecule has 0 spiro atoms. The fourth-order valence-corrected chi connectivity index (χ4v) is 5.31. The molecule has 0 amide bonds. The molecule has 0 bridgehead atoms. The van der Waals surface area contributed by atoms with Crippen molar-refractivity contribution in [3.63, 3.8) is 0 Å². The Bertz CT molecular complexity index is 1760. The van der Waals surface area contributed by atoms with Crippen molar-refractivity contribution in [3.05, 3.63) is 117 Å². The Morgan fingerprint density at radius 3 is 2.24 bits per heavy atom. The molecule has 0 aliphatic rings. The van der Waals surface area contributed by atoms with Crippen LogP contribution in [0, 0.1) is 17.0 Å². The average molecular weight is 589 g/mol. The van der Waals surface area contributed by atoms with Crippen LogP contribution in [0.4, 0.5) is 22.9 Å². The Balaban J connectivity index is 1.79. The van der Waals surface area contributed by atoms with Crippen molar-refractivity contribution in [2.24, 2.45) is 0 Å². The molecule has 190 valence electrons. The summed E-state index contributed by atoms with van der Waals surface area (Å²) in [6.45, 7) is 1.88. The number of sulfonamides is 1. The van der Waals surface area contributed by atoms with Crippen LogP contribution in [0.25, 0.3) is 22.0 Å². The molecule has 0 unspecified atom stereocenters. The number of hydrogen-bond donors (Lipinski definition) is 2. The van der Waals surface area contributed by atoms with E-state index in [1.807, 2.05) is 61.5 Å². The number of aryl methyl sites for hydroxylation is 1. The zero-order valence-corrected chi connectivity index (χ0v) is 22.5. The molecule has 0 saturated heterocycles. The molecular weight excluding hydrogens is 568 g/mol. The van der Waals surface area contributed by atoms with Gasteiger partial charge in [0.05, 0.1) is 21.0 Å². The summed E-state index contributed by atoms with van der Waals surface area (Å²) in [4.78, 5) is 15.9. The second kappa shape index (κ2) is 10.2. The van der Waals surface area contributed by atoms with E-state index in [0.717, 1.165) is 10.0 Å². The number of nitro benzene ring substituents is 1. The largest absolute Gasteiger partial charge is 0.354 e. The molecule has 0 atom stereocenters. The number of pyridine rings is 1. The van der Waals surface area contributed by atoms with E-state index in [2.05, 4.69) is 31.0 Å². The first kappa shape index (κ1) is 25.4. The Hall–Kier alpha value is -4.28. The van der Waals surface area contributed by atoms with Gasteiger partial charge in [0.25, 0.3) is 15.7 Å². The van der Waals surface area contributed by atoms with Gasteiger partial charge in [-0.05, 0) is 55.0 Å². The number of nitrogens with zero attached hydrogens (tertiary/aromatic N) is 2. The summed E-state index contributed by atoms with van der Waals surface area (Å²) in [5.41, 5.74) is 3.53. The van der Waals surface area contributed by atoms with E-state index in [0.29, 0.717) is 33.4 Å². The maximum absolute atomic E-state index is 13.4. The van der Waals surface area contributed by atoms with Gasteiger partial charge in [-0.3, -0.25) is 14.8 Å². The Labute approximate surface area is 227 Å². The minimum atomic E-state index is -4.00. The van der Waals surface area contributed by atoms with Gasteiger partial charge < -0.3 is 5.32 Å². The SMILES string of the molecule is Cc1ccc(S(=O)(=O)Nc2nc3ccc([N+](=O)[O-])cc3c(Nc3ccc(Br)cc3)c2-c2ccccc2)cc1. The molecule has 2 N–H and O–H groups in total. The molecule has 1 aromatic heterocycles. The lowest BCUT2D eigenvalue weighted by Crippen LogP contribution is -2.15. The maximum atomic E-state index is 13.4. The molecule has 0 fully saturated rings. The van der Waals surface area contributed by atoms with Crippen molar-refractivity contribution in [1.82, 2.24) is 4.98 Å². The molecule has 1 heterocycles. The molecule has 0 aliphatic carbocycles. The van der Waals surface area contributed by atoms with Gasteiger partial charge in [-0.2, -0.15) is 0 Å². The number of anilines is 3. The van der Waals surface area contributed by atoms with Crippen LogP contribution in [0.3, 0.4) is 0 Å². The lowest BCUT2D eigenvalue weighted by molar-refractivity contribution is -0.384. The predicted octanol–water partition coefficient (Wildman–Crippen LogP) is 7.43. The number of benzene rings is 4. The van der Waals surface area contributed by atoms with Crippen molar-refractivity contribution < 1.29 is 13.3 Å². The van der Waals surface area contributed by atoms with Crippen LogP contribution in [0.1, 0.15) is 5.56 Å². The van der Waals surface area contributed by atoms with Gasteiger partial charge in [-0.15, -0.1) is 0 Å². The van der Waals surface area contributed by atoms with E-state index in [4.69, 9.17) is 0 Å². The number of non-ortho nitro benzene ring substituents is 1. The predicted molar refractivity (Wildman–Crippen MR) is 153 cm³/mol. The number of nitrogens with one attached hydrogen (secondary N) is 2. The Kier molecular flexibility index (Phi) is 6.83. The zero-order valence-electron chi connectivity index (χ0n) is 20.1. The number of rotatable bonds is 7. The van der Waals surface area contributed by atoms with Crippen molar-refractivity contribution in [2.45, 2.75) is 11.8 Å². The minimum absolute atomic E-state index is 0.0927. The maximum Gasteiger partial charge on any atom is 0.270 e. The van der Waals surface area contributed by atoms with Crippen molar-refractivity contribution in [3.8, 4) is 11.1 Å². The highest BCUT2D eigenvalue weighted by Crippen LogP contribution is 2.42. The first-order valence-corrected chi connectivity index (χ1v) is 13.8. The summed E-state index contributed by atoms with van der Waals surface area (Å²) >= 11 is 3.43. The highest BCUT2D eigenvalue weighted by atomic mass is 79.9. The van der Waals surface area contributed by atoms with Gasteiger partial charge in [0.1, 0.15) is 5.82 Å². The standard InChI is InChI=1S/C28H21BrN4O4S/c1-18-7-14-23(15-8-18)38(36,37)32-28-26(19-5-3-2-4-6-19)27(30-21-11-9-20(29)10-12-21)24-17-22(33(34)35)13-16-25(24)31-28/h2-17H,1H3,(H2,30,31,32). The fraction of sp³-hybridized carbons (Fsp3) is 0.0357. The summed E-state index contributed by atoms with van der Waals surface area (Å²) in [7, 11) is -4.00. The van der Waals surface area contributed by atoms with E-state index in [9.17, 15) is 18.5 Å². The van der Waals surface area contributed by atoms with E-state index >= 15 is 0 Å². The smallest absolute Gasteiger partial charge is 0.270 e. The van der Waals surface area contributed by atoms with Crippen LogP contribution in [0.15, 0.2) is 106 Å². The highest BCUT2D eigenvalue weighted by molar-refractivity contribution is 9.10. The summed E-state index contributed by atoms with van der Waals surface area (Å²) in [5.74, 6) is 0.0951. The lowest BCUT2D eigenvalue weighted by atomic mass is 10.0. The first-order valence-electron chi connectivity index (χ1n) is 11.5. The van der Waals surface area contributed by atoms with Crippen LogP contribution in [-0.2, 0) is 10.0 Å². The topological polar surface area (TPSA) is 114 Å². The summed E-state index contributed by atoms with van der Waals surface area (Å²) in [6.07, 6.45) is 0. The average Bonchev–Trinajstić information content (AvgIpc) is 2.90. The molecule has 4 aromatic carbocycles. The zero-order chi connectivity index (χ0) is 26.9. The quantitative estimate of drug-likeness (QED) is 0.151. The van der Waals surface area contributed by atoms with Crippen LogP contribution in [-0.4, -0.2) is 18.3 Å². The molecular formula is C28H21BrN4O4S. The van der Waals surface area contributed by atoms with E-state index in [1.165, 1.54) is 30.3 Å². The molecule has 0 saturated carbocycles. The molecule has 8 nitrogen and oxygen atoms in total. The second-order valence-electron chi connectivity index (χ2n) is 8.59. The highest BCUT2D eigenvalue weighted by Gasteiger charge is 2.23. The molecule has 0 radical (unpaired) electrons. The third-order valence-corrected chi connectivity index (χ3v) is 7.80. The number of nitro groups is 1. The van der Waals surface area contributed by atoms with E-state index < -0.39 is 14.9 Å². The monoisotopic (exact) mass is 588 g/mol. The van der Waals surface area contributed by atoms with E-state index in [1.54, 1.807) is 12.1 Å². The third kappa shape index (κ3) is 5.22.